The summed E-state index contributed by atoms with van der Waals surface area (Å²) in [6, 6.07) is 10.6. The first-order chi connectivity index (χ1) is 12.4. The van der Waals surface area contributed by atoms with Gasteiger partial charge in [-0.1, -0.05) is 29.3 Å². The Morgan fingerprint density at radius 2 is 1.73 bits per heavy atom. The Bertz CT molecular complexity index is 764. The van der Waals surface area contributed by atoms with Gasteiger partial charge < -0.3 is 15.4 Å². The van der Waals surface area contributed by atoms with Gasteiger partial charge in [0.15, 0.2) is 6.10 Å². The number of benzene rings is 2. The maximum absolute atomic E-state index is 13.6. The van der Waals surface area contributed by atoms with Gasteiger partial charge in [-0.2, -0.15) is 0 Å². The molecule has 5 nitrogen and oxygen atoms in total. The van der Waals surface area contributed by atoms with Crippen molar-refractivity contribution in [1.29, 1.82) is 0 Å². The van der Waals surface area contributed by atoms with Crippen LogP contribution in [0.15, 0.2) is 42.5 Å². The van der Waals surface area contributed by atoms with Crippen molar-refractivity contribution in [1.82, 2.24) is 10.6 Å². The van der Waals surface area contributed by atoms with Crippen molar-refractivity contribution in [3.8, 4) is 5.75 Å². The summed E-state index contributed by atoms with van der Waals surface area (Å²) in [5.41, 5.74) is -0.222. The molecule has 0 aromatic heterocycles. The van der Waals surface area contributed by atoms with Crippen LogP contribution in [-0.2, 0) is 4.79 Å². The second-order valence-electron chi connectivity index (χ2n) is 5.36. The summed E-state index contributed by atoms with van der Waals surface area (Å²) < 4.78 is 19.1. The summed E-state index contributed by atoms with van der Waals surface area (Å²) >= 11 is 11.6. The molecule has 0 bridgehead atoms. The second-order valence-corrected chi connectivity index (χ2v) is 6.20. The third-order valence-corrected chi connectivity index (χ3v) is 3.96. The summed E-state index contributed by atoms with van der Waals surface area (Å²) in [5, 5.41) is 5.71. The van der Waals surface area contributed by atoms with Gasteiger partial charge in [-0.25, -0.2) is 4.39 Å². The van der Waals surface area contributed by atoms with Crippen molar-refractivity contribution < 1.29 is 18.7 Å². The first-order valence-corrected chi connectivity index (χ1v) is 8.56. The van der Waals surface area contributed by atoms with Crippen molar-refractivity contribution in [2.75, 3.05) is 13.1 Å². The first-order valence-electron chi connectivity index (χ1n) is 7.80. The highest BCUT2D eigenvalue weighted by Gasteiger charge is 2.16. The highest BCUT2D eigenvalue weighted by atomic mass is 35.5. The predicted octanol–water partition coefficient (Wildman–Crippen LogP) is 3.45. The molecule has 0 heterocycles. The van der Waals surface area contributed by atoms with Gasteiger partial charge in [-0.15, -0.1) is 0 Å². The van der Waals surface area contributed by atoms with Crippen molar-refractivity contribution in [3.05, 3.63) is 63.9 Å². The standard InChI is InChI=1S/C18H17Cl2FN2O3/c1-11(26-13-7-5-12(19)6-8-13)17(24)22-9-10-23-18(25)16-14(20)3-2-4-15(16)21/h2-8,11H,9-10H2,1H3,(H,22,24)(H,23,25). The quantitative estimate of drug-likeness (QED) is 0.701. The fraction of sp³-hybridized carbons (Fsp3) is 0.222. The number of carbonyl (C=O) groups is 2. The van der Waals surface area contributed by atoms with E-state index < -0.39 is 17.8 Å². The third kappa shape index (κ3) is 5.61. The summed E-state index contributed by atoms with van der Waals surface area (Å²) in [6.07, 6.45) is -0.729. The Labute approximate surface area is 160 Å². The molecule has 0 aliphatic carbocycles. The Hall–Kier alpha value is -2.31. The van der Waals surface area contributed by atoms with Gasteiger partial charge in [0.05, 0.1) is 10.6 Å². The SMILES string of the molecule is CC(Oc1ccc(Cl)cc1)C(=O)NCCNC(=O)c1c(F)cccc1Cl. The molecule has 0 spiro atoms. The van der Waals surface area contributed by atoms with Gasteiger partial charge in [0.1, 0.15) is 11.6 Å². The molecule has 0 fully saturated rings. The molecule has 138 valence electrons. The highest BCUT2D eigenvalue weighted by Crippen LogP contribution is 2.18. The van der Waals surface area contributed by atoms with Crippen LogP contribution in [0, 0.1) is 5.82 Å². The van der Waals surface area contributed by atoms with Gasteiger partial charge in [0.2, 0.25) is 0 Å². The number of carbonyl (C=O) groups excluding carboxylic acids is 2. The van der Waals surface area contributed by atoms with E-state index in [4.69, 9.17) is 27.9 Å². The molecule has 2 aromatic rings. The Balaban J connectivity index is 1.75. The molecule has 2 amide bonds. The zero-order valence-corrected chi connectivity index (χ0v) is 15.4. The van der Waals surface area contributed by atoms with Gasteiger partial charge in [0.25, 0.3) is 11.8 Å². The minimum absolute atomic E-state index is 0.0246. The van der Waals surface area contributed by atoms with Gasteiger partial charge in [-0.05, 0) is 43.3 Å². The lowest BCUT2D eigenvalue weighted by Gasteiger charge is -2.15. The molecule has 2 rings (SSSR count). The molecule has 0 saturated carbocycles. The Morgan fingerprint density at radius 3 is 2.38 bits per heavy atom. The van der Waals surface area contributed by atoms with Crippen LogP contribution in [0.3, 0.4) is 0 Å². The van der Waals surface area contributed by atoms with Crippen LogP contribution in [0.25, 0.3) is 0 Å². The van der Waals surface area contributed by atoms with Crippen LogP contribution in [0.4, 0.5) is 4.39 Å². The average Bonchev–Trinajstić information content (AvgIpc) is 2.60. The van der Waals surface area contributed by atoms with E-state index in [2.05, 4.69) is 10.6 Å². The third-order valence-electron chi connectivity index (χ3n) is 3.40. The molecule has 1 unspecified atom stereocenters. The molecule has 0 aliphatic rings. The van der Waals surface area contributed by atoms with Gasteiger partial charge in [-0.3, -0.25) is 9.59 Å². The van der Waals surface area contributed by atoms with E-state index >= 15 is 0 Å². The lowest BCUT2D eigenvalue weighted by Crippen LogP contribution is -2.40. The van der Waals surface area contributed by atoms with E-state index in [1.807, 2.05) is 0 Å². The smallest absolute Gasteiger partial charge is 0.260 e. The van der Waals surface area contributed by atoms with Crippen LogP contribution in [0.5, 0.6) is 5.75 Å². The monoisotopic (exact) mass is 398 g/mol. The Morgan fingerprint density at radius 1 is 1.08 bits per heavy atom. The second kappa shape index (κ2) is 9.40. The van der Waals surface area contributed by atoms with Gasteiger partial charge in [0, 0.05) is 18.1 Å². The summed E-state index contributed by atoms with van der Waals surface area (Å²) in [5.74, 6) is -1.19. The normalized spacial score (nSPS) is 11.5. The van der Waals surface area contributed by atoms with Crippen molar-refractivity contribution >= 4 is 35.0 Å². The average molecular weight is 399 g/mol. The highest BCUT2D eigenvalue weighted by molar-refractivity contribution is 6.33. The van der Waals surface area contributed by atoms with Crippen molar-refractivity contribution in [2.45, 2.75) is 13.0 Å². The zero-order valence-electron chi connectivity index (χ0n) is 13.9. The van der Waals surface area contributed by atoms with E-state index in [9.17, 15) is 14.0 Å². The molecule has 26 heavy (non-hydrogen) atoms. The number of hydrogen-bond acceptors (Lipinski definition) is 3. The largest absolute Gasteiger partial charge is 0.481 e. The van der Waals surface area contributed by atoms with Crippen molar-refractivity contribution in [2.24, 2.45) is 0 Å². The summed E-state index contributed by atoms with van der Waals surface area (Å²) in [6.45, 7) is 1.87. The fourth-order valence-corrected chi connectivity index (χ4v) is 2.45. The number of ether oxygens (including phenoxy) is 1. The van der Waals surface area contributed by atoms with E-state index in [1.165, 1.54) is 12.1 Å². The summed E-state index contributed by atoms with van der Waals surface area (Å²) in [4.78, 5) is 23.9. The number of rotatable bonds is 7. The van der Waals surface area contributed by atoms with Crippen LogP contribution >= 0.6 is 23.2 Å². The molecule has 2 N–H and O–H groups in total. The Kier molecular flexibility index (Phi) is 7.24. The minimum Gasteiger partial charge on any atom is -0.481 e. The van der Waals surface area contributed by atoms with Crippen LogP contribution < -0.4 is 15.4 Å². The molecule has 0 saturated heterocycles. The number of halogens is 3. The number of amides is 2. The molecular weight excluding hydrogens is 382 g/mol. The molecular formula is C18H17Cl2FN2O3. The van der Waals surface area contributed by atoms with Gasteiger partial charge >= 0.3 is 0 Å². The van der Waals surface area contributed by atoms with Crippen LogP contribution in [-0.4, -0.2) is 31.0 Å². The molecule has 2 aromatic carbocycles. The van der Waals surface area contributed by atoms with E-state index in [0.717, 1.165) is 6.07 Å². The minimum atomic E-state index is -0.729. The molecule has 1 atom stereocenters. The zero-order chi connectivity index (χ0) is 19.1. The predicted molar refractivity (Wildman–Crippen MR) is 98.3 cm³/mol. The van der Waals surface area contributed by atoms with Crippen LogP contribution in [0.2, 0.25) is 10.0 Å². The van der Waals surface area contributed by atoms with E-state index in [-0.39, 0.29) is 29.6 Å². The first kappa shape index (κ1) is 20.0. The number of hydrogen-bond donors (Lipinski definition) is 2. The molecule has 0 aliphatic heterocycles. The lowest BCUT2D eigenvalue weighted by molar-refractivity contribution is -0.127. The summed E-state index contributed by atoms with van der Waals surface area (Å²) in [7, 11) is 0. The number of nitrogens with one attached hydrogen (secondary N) is 2. The molecule has 0 radical (unpaired) electrons. The maximum Gasteiger partial charge on any atom is 0.260 e. The van der Waals surface area contributed by atoms with Crippen molar-refractivity contribution in [3.63, 3.8) is 0 Å². The van der Waals surface area contributed by atoms with E-state index in [1.54, 1.807) is 31.2 Å². The fourth-order valence-electron chi connectivity index (χ4n) is 2.08. The lowest BCUT2D eigenvalue weighted by atomic mass is 10.2. The molecule has 8 heteroatoms. The maximum atomic E-state index is 13.6. The van der Waals surface area contributed by atoms with E-state index in [0.29, 0.717) is 10.8 Å². The van der Waals surface area contributed by atoms with Crippen LogP contribution in [0.1, 0.15) is 17.3 Å². The topological polar surface area (TPSA) is 67.4 Å².